The minimum Gasteiger partial charge on any atom is -0.491 e. The molecule has 1 N–H and O–H groups in total. The number of nitrogens with zero attached hydrogens (tertiary/aromatic N) is 2. The Labute approximate surface area is 137 Å². The molecule has 0 unspecified atom stereocenters. The fraction of sp³-hybridized carbons (Fsp3) is 0.294. The van der Waals surface area contributed by atoms with Crippen LogP contribution >= 0.6 is 11.3 Å². The second-order valence-corrected chi connectivity index (χ2v) is 6.65. The Morgan fingerprint density at radius 3 is 2.78 bits per heavy atom. The topological polar surface area (TPSA) is 64.3 Å². The predicted molar refractivity (Wildman–Crippen MR) is 91.3 cm³/mol. The number of aryl methyl sites for hydroxylation is 2. The summed E-state index contributed by atoms with van der Waals surface area (Å²) in [6, 6.07) is 9.28. The van der Waals surface area contributed by atoms with Crippen molar-refractivity contribution in [2.75, 3.05) is 6.61 Å². The van der Waals surface area contributed by atoms with Crippen molar-refractivity contribution in [1.82, 2.24) is 9.55 Å². The Balaban J connectivity index is 1.75. The van der Waals surface area contributed by atoms with Gasteiger partial charge in [-0.05, 0) is 31.5 Å². The molecule has 0 bridgehead atoms. The molecule has 0 fully saturated rings. The molecule has 0 amide bonds. The number of aliphatic hydroxyl groups excluding tert-OH is 1. The van der Waals surface area contributed by atoms with Gasteiger partial charge in [-0.1, -0.05) is 18.2 Å². The molecule has 0 radical (unpaired) electrons. The molecular weight excluding hydrogens is 312 g/mol. The summed E-state index contributed by atoms with van der Waals surface area (Å²) >= 11 is 1.52. The largest absolute Gasteiger partial charge is 0.491 e. The fourth-order valence-electron chi connectivity index (χ4n) is 2.39. The monoisotopic (exact) mass is 330 g/mol. The van der Waals surface area contributed by atoms with Gasteiger partial charge in [0.1, 0.15) is 23.3 Å². The minimum atomic E-state index is -0.785. The van der Waals surface area contributed by atoms with Gasteiger partial charge in [-0.3, -0.25) is 9.36 Å². The zero-order chi connectivity index (χ0) is 16.4. The van der Waals surface area contributed by atoms with E-state index in [-0.39, 0.29) is 18.7 Å². The van der Waals surface area contributed by atoms with Crippen LogP contribution in [0.2, 0.25) is 0 Å². The molecule has 0 spiro atoms. The number of fused-ring (bicyclic) bond motifs is 1. The van der Waals surface area contributed by atoms with Gasteiger partial charge in [-0.15, -0.1) is 11.3 Å². The van der Waals surface area contributed by atoms with E-state index in [0.29, 0.717) is 11.1 Å². The number of hydrogen-bond donors (Lipinski definition) is 1. The predicted octanol–water partition coefficient (Wildman–Crippen LogP) is 2.51. The van der Waals surface area contributed by atoms with Crippen LogP contribution in [0, 0.1) is 13.8 Å². The average Bonchev–Trinajstić information content (AvgIpc) is 2.84. The third-order valence-electron chi connectivity index (χ3n) is 3.75. The van der Waals surface area contributed by atoms with Gasteiger partial charge < -0.3 is 9.84 Å². The first-order chi connectivity index (χ1) is 11.1. The lowest BCUT2D eigenvalue weighted by atomic mass is 10.2. The third kappa shape index (κ3) is 3.28. The number of aliphatic hydroxyl groups is 1. The van der Waals surface area contributed by atoms with Crippen molar-refractivity contribution in [3.63, 3.8) is 0 Å². The normalized spacial score (nSPS) is 12.5. The van der Waals surface area contributed by atoms with Gasteiger partial charge in [-0.2, -0.15) is 0 Å². The maximum atomic E-state index is 12.6. The van der Waals surface area contributed by atoms with E-state index in [1.165, 1.54) is 22.2 Å². The Hall–Kier alpha value is -2.18. The molecule has 120 valence electrons. The summed E-state index contributed by atoms with van der Waals surface area (Å²) in [4.78, 5) is 18.7. The summed E-state index contributed by atoms with van der Waals surface area (Å²) in [5.41, 5.74) is 0.850. The Kier molecular flexibility index (Phi) is 4.45. The van der Waals surface area contributed by atoms with Crippen LogP contribution < -0.4 is 10.3 Å². The van der Waals surface area contributed by atoms with Crippen molar-refractivity contribution >= 4 is 21.6 Å². The van der Waals surface area contributed by atoms with Gasteiger partial charge in [0.25, 0.3) is 5.56 Å². The molecule has 0 aliphatic heterocycles. The number of hydrogen-bond acceptors (Lipinski definition) is 5. The molecule has 2 aromatic heterocycles. The van der Waals surface area contributed by atoms with Crippen LogP contribution in [0.15, 0.2) is 41.5 Å². The molecule has 1 atom stereocenters. The summed E-state index contributed by atoms with van der Waals surface area (Å²) in [7, 11) is 0. The Morgan fingerprint density at radius 1 is 1.30 bits per heavy atom. The van der Waals surface area contributed by atoms with Crippen LogP contribution in [0.3, 0.4) is 0 Å². The highest BCUT2D eigenvalue weighted by Crippen LogP contribution is 2.25. The van der Waals surface area contributed by atoms with Crippen LogP contribution in [-0.2, 0) is 6.54 Å². The van der Waals surface area contributed by atoms with Gasteiger partial charge in [0, 0.05) is 4.88 Å². The Bertz CT molecular complexity index is 871. The molecular formula is C17H18N2O3S. The van der Waals surface area contributed by atoms with Gasteiger partial charge in [-0.25, -0.2) is 4.98 Å². The molecule has 0 aliphatic carbocycles. The first kappa shape index (κ1) is 15.7. The summed E-state index contributed by atoms with van der Waals surface area (Å²) in [6.07, 6.45) is 0.707. The van der Waals surface area contributed by atoms with E-state index in [1.807, 2.05) is 44.2 Å². The first-order valence-electron chi connectivity index (χ1n) is 7.37. The lowest BCUT2D eigenvalue weighted by Gasteiger charge is -2.13. The van der Waals surface area contributed by atoms with Crippen LogP contribution in [0.5, 0.6) is 5.75 Å². The highest BCUT2D eigenvalue weighted by Gasteiger charge is 2.14. The third-order valence-corrected chi connectivity index (χ3v) is 4.86. The molecule has 23 heavy (non-hydrogen) atoms. The van der Waals surface area contributed by atoms with Gasteiger partial charge >= 0.3 is 0 Å². The molecule has 3 aromatic rings. The van der Waals surface area contributed by atoms with E-state index in [9.17, 15) is 9.90 Å². The molecule has 1 aromatic carbocycles. The number of ether oxygens (including phenoxy) is 1. The molecule has 0 saturated heterocycles. The minimum absolute atomic E-state index is 0.115. The van der Waals surface area contributed by atoms with Gasteiger partial charge in [0.2, 0.25) is 0 Å². The molecule has 5 nitrogen and oxygen atoms in total. The lowest BCUT2D eigenvalue weighted by Crippen LogP contribution is -2.30. The standard InChI is InChI=1S/C17H18N2O3S/c1-11-12(2)23-16-15(11)17(21)19(10-18-16)8-13(20)9-22-14-6-4-3-5-7-14/h3-7,10,13,20H,8-9H2,1-2H3/t13-/m0/s1. The highest BCUT2D eigenvalue weighted by molar-refractivity contribution is 7.18. The van der Waals surface area contributed by atoms with E-state index < -0.39 is 6.10 Å². The van der Waals surface area contributed by atoms with Crippen molar-refractivity contribution in [2.24, 2.45) is 0 Å². The summed E-state index contributed by atoms with van der Waals surface area (Å²) < 4.78 is 6.96. The second-order valence-electron chi connectivity index (χ2n) is 5.44. The highest BCUT2D eigenvalue weighted by atomic mass is 32.1. The van der Waals surface area contributed by atoms with E-state index in [4.69, 9.17) is 4.74 Å². The number of aromatic nitrogens is 2. The molecule has 0 saturated carbocycles. The number of thiophene rings is 1. The zero-order valence-electron chi connectivity index (χ0n) is 13.0. The number of benzene rings is 1. The van der Waals surface area contributed by atoms with Crippen molar-refractivity contribution in [2.45, 2.75) is 26.5 Å². The van der Waals surface area contributed by atoms with E-state index in [0.717, 1.165) is 15.3 Å². The van der Waals surface area contributed by atoms with Crippen molar-refractivity contribution in [1.29, 1.82) is 0 Å². The maximum absolute atomic E-state index is 12.6. The van der Waals surface area contributed by atoms with E-state index in [2.05, 4.69) is 4.98 Å². The van der Waals surface area contributed by atoms with Gasteiger partial charge in [0.15, 0.2) is 0 Å². The summed E-state index contributed by atoms with van der Waals surface area (Å²) in [6.45, 7) is 4.18. The second kappa shape index (κ2) is 6.52. The first-order valence-corrected chi connectivity index (χ1v) is 8.19. The van der Waals surface area contributed by atoms with Crippen LogP contribution in [0.1, 0.15) is 10.4 Å². The number of para-hydroxylation sites is 1. The quantitative estimate of drug-likeness (QED) is 0.781. The number of rotatable bonds is 5. The van der Waals surface area contributed by atoms with Gasteiger partial charge in [0.05, 0.1) is 18.3 Å². The SMILES string of the molecule is Cc1sc2ncn(C[C@H](O)COc3ccccc3)c(=O)c2c1C. The molecule has 6 heteroatoms. The van der Waals surface area contributed by atoms with Crippen LogP contribution in [0.4, 0.5) is 0 Å². The molecule has 2 heterocycles. The molecule has 0 aliphatic rings. The fourth-order valence-corrected chi connectivity index (χ4v) is 3.38. The summed E-state index contributed by atoms with van der Waals surface area (Å²) in [5, 5.41) is 10.8. The maximum Gasteiger partial charge on any atom is 0.262 e. The molecule has 3 rings (SSSR count). The van der Waals surface area contributed by atoms with Crippen molar-refractivity contribution < 1.29 is 9.84 Å². The summed E-state index contributed by atoms with van der Waals surface area (Å²) in [5.74, 6) is 0.691. The van der Waals surface area contributed by atoms with Crippen LogP contribution in [-0.4, -0.2) is 27.4 Å². The van der Waals surface area contributed by atoms with E-state index in [1.54, 1.807) is 0 Å². The van der Waals surface area contributed by atoms with Crippen molar-refractivity contribution in [3.05, 3.63) is 57.5 Å². The van der Waals surface area contributed by atoms with Crippen LogP contribution in [0.25, 0.3) is 10.2 Å². The Morgan fingerprint density at radius 2 is 2.04 bits per heavy atom. The lowest BCUT2D eigenvalue weighted by molar-refractivity contribution is 0.0915. The van der Waals surface area contributed by atoms with E-state index >= 15 is 0 Å². The van der Waals surface area contributed by atoms with Crippen molar-refractivity contribution in [3.8, 4) is 5.75 Å². The zero-order valence-corrected chi connectivity index (χ0v) is 13.8. The smallest absolute Gasteiger partial charge is 0.262 e. The average molecular weight is 330 g/mol.